The van der Waals surface area contributed by atoms with Crippen molar-refractivity contribution in [1.82, 2.24) is 4.98 Å². The van der Waals surface area contributed by atoms with Crippen LogP contribution in [0.25, 0.3) is 0 Å². The van der Waals surface area contributed by atoms with Gasteiger partial charge in [0.15, 0.2) is 16.1 Å². The number of pyridine rings is 1. The van der Waals surface area contributed by atoms with E-state index in [4.69, 9.17) is 4.79 Å². The summed E-state index contributed by atoms with van der Waals surface area (Å²) in [5.74, 6) is -3.86. The summed E-state index contributed by atoms with van der Waals surface area (Å²) in [5, 5.41) is -0.576. The first-order valence-corrected chi connectivity index (χ1v) is 12.8. The number of aromatic nitrogens is 1. The fourth-order valence-corrected chi connectivity index (χ4v) is 5.30. The third-order valence-corrected chi connectivity index (χ3v) is 7.63. The Morgan fingerprint density at radius 3 is 1.97 bits per heavy atom. The van der Waals surface area contributed by atoms with E-state index >= 15 is 0 Å². The van der Waals surface area contributed by atoms with Gasteiger partial charge in [-0.15, -0.1) is 6.58 Å². The second-order valence-corrected chi connectivity index (χ2v) is 10.7. The highest BCUT2D eigenvalue weighted by Crippen LogP contribution is 2.39. The second kappa shape index (κ2) is 14.8. The Morgan fingerprint density at radius 1 is 1.05 bits per heavy atom. The highest BCUT2D eigenvalue weighted by molar-refractivity contribution is 7.92. The number of aryl methyl sites for hydroxylation is 1. The molecule has 38 heavy (non-hydrogen) atoms. The molecule has 3 rings (SSSR count). The number of hydrogen-bond donors (Lipinski definition) is 0. The van der Waals surface area contributed by atoms with Gasteiger partial charge in [0, 0.05) is 18.7 Å². The SMILES string of the molecule is C=CC.C=O.CCC1CC(S(=O)(=O)c2cc(F)cc(C(C)(F)F)c2)C1.Cc1cc(C(F)(F)F)cnc1C=O. The molecule has 12 heteroatoms. The number of halogens is 6. The number of benzene rings is 1. The molecule has 0 amide bonds. The van der Waals surface area contributed by atoms with E-state index in [1.165, 1.54) is 6.92 Å². The van der Waals surface area contributed by atoms with E-state index in [0.717, 1.165) is 24.6 Å². The number of hydrogen-bond acceptors (Lipinski definition) is 5. The van der Waals surface area contributed by atoms with Crippen molar-refractivity contribution in [2.75, 3.05) is 0 Å². The molecule has 1 fully saturated rings. The summed E-state index contributed by atoms with van der Waals surface area (Å²) in [6.45, 7) is 11.3. The van der Waals surface area contributed by atoms with Crippen LogP contribution in [0.3, 0.4) is 0 Å². The molecule has 2 aromatic rings. The first kappa shape index (κ1) is 35.0. The van der Waals surface area contributed by atoms with Crippen molar-refractivity contribution in [2.24, 2.45) is 5.92 Å². The van der Waals surface area contributed by atoms with Gasteiger partial charge in [0.25, 0.3) is 5.92 Å². The van der Waals surface area contributed by atoms with Crippen LogP contribution in [0, 0.1) is 18.7 Å². The maximum atomic E-state index is 13.4. The fourth-order valence-electron chi connectivity index (χ4n) is 3.30. The predicted molar refractivity (Wildman–Crippen MR) is 132 cm³/mol. The minimum absolute atomic E-state index is 0.0352. The Hall–Kier alpha value is -3.02. The minimum atomic E-state index is -4.40. The van der Waals surface area contributed by atoms with Crippen LogP contribution in [0.2, 0.25) is 0 Å². The summed E-state index contributed by atoms with van der Waals surface area (Å²) in [5.41, 5.74) is -1.18. The third-order valence-electron chi connectivity index (χ3n) is 5.47. The van der Waals surface area contributed by atoms with Gasteiger partial charge in [0.2, 0.25) is 0 Å². The highest BCUT2D eigenvalue weighted by Gasteiger charge is 2.39. The first-order chi connectivity index (χ1) is 17.5. The Morgan fingerprint density at radius 2 is 1.58 bits per heavy atom. The van der Waals surface area contributed by atoms with E-state index in [1.54, 1.807) is 6.08 Å². The number of carbonyl (C=O) groups is 2. The van der Waals surface area contributed by atoms with Gasteiger partial charge in [-0.05, 0) is 62.4 Å². The van der Waals surface area contributed by atoms with Crippen LogP contribution in [0.15, 0.2) is 48.0 Å². The Bertz CT molecular complexity index is 1170. The molecule has 0 spiro atoms. The van der Waals surface area contributed by atoms with Crippen LogP contribution in [-0.4, -0.2) is 31.7 Å². The van der Waals surface area contributed by atoms with Crippen LogP contribution in [0.5, 0.6) is 0 Å². The summed E-state index contributed by atoms with van der Waals surface area (Å²) in [4.78, 5) is 21.3. The van der Waals surface area contributed by atoms with Gasteiger partial charge in [-0.25, -0.2) is 21.6 Å². The molecule has 0 N–H and O–H groups in total. The van der Waals surface area contributed by atoms with E-state index in [2.05, 4.69) is 11.6 Å². The topological polar surface area (TPSA) is 81.2 Å². The highest BCUT2D eigenvalue weighted by atomic mass is 32.2. The van der Waals surface area contributed by atoms with E-state index in [0.29, 0.717) is 44.2 Å². The van der Waals surface area contributed by atoms with Gasteiger partial charge in [-0.2, -0.15) is 13.2 Å². The maximum absolute atomic E-state index is 13.4. The average molecular weight is 568 g/mol. The number of alkyl halides is 5. The van der Waals surface area contributed by atoms with Gasteiger partial charge in [0.1, 0.15) is 18.3 Å². The van der Waals surface area contributed by atoms with Crippen molar-refractivity contribution >= 4 is 22.9 Å². The van der Waals surface area contributed by atoms with Gasteiger partial charge in [0.05, 0.1) is 15.7 Å². The number of allylic oxidation sites excluding steroid dienone is 1. The molecule has 0 bridgehead atoms. The largest absolute Gasteiger partial charge is 0.417 e. The van der Waals surface area contributed by atoms with Gasteiger partial charge >= 0.3 is 6.18 Å². The lowest BCUT2D eigenvalue weighted by molar-refractivity contribution is -0.137. The summed E-state index contributed by atoms with van der Waals surface area (Å²) >= 11 is 0. The van der Waals surface area contributed by atoms with Crippen LogP contribution in [0.4, 0.5) is 26.3 Å². The van der Waals surface area contributed by atoms with E-state index in [1.807, 2.05) is 20.6 Å². The lowest BCUT2D eigenvalue weighted by Gasteiger charge is -2.34. The molecule has 5 nitrogen and oxygen atoms in total. The lowest BCUT2D eigenvalue weighted by atomic mass is 9.83. The fraction of sp³-hybridized carbons (Fsp3) is 0.423. The molecule has 0 aliphatic heterocycles. The van der Waals surface area contributed by atoms with Crippen LogP contribution in [-0.2, 0) is 26.7 Å². The van der Waals surface area contributed by atoms with E-state index in [9.17, 15) is 39.6 Å². The van der Waals surface area contributed by atoms with Crippen molar-refractivity contribution in [3.05, 3.63) is 71.3 Å². The second-order valence-electron chi connectivity index (χ2n) is 8.43. The molecule has 1 saturated carbocycles. The number of aldehydes is 1. The molecule has 1 aromatic heterocycles. The first-order valence-electron chi connectivity index (χ1n) is 11.3. The minimum Gasteiger partial charge on any atom is -0.307 e. The molecule has 1 aromatic carbocycles. The normalized spacial score (nSPS) is 16.7. The molecule has 1 aliphatic rings. The lowest BCUT2D eigenvalue weighted by Crippen LogP contribution is -2.35. The molecule has 0 atom stereocenters. The quantitative estimate of drug-likeness (QED) is 0.218. The Balaban J connectivity index is 0.000000655. The van der Waals surface area contributed by atoms with Crippen LogP contribution < -0.4 is 0 Å². The summed E-state index contributed by atoms with van der Waals surface area (Å²) < 4.78 is 101. The van der Waals surface area contributed by atoms with Crippen molar-refractivity contribution in [2.45, 2.75) is 69.2 Å². The average Bonchev–Trinajstić information content (AvgIpc) is 2.79. The molecular weight excluding hydrogens is 536 g/mol. The Labute approximate surface area is 218 Å². The maximum Gasteiger partial charge on any atom is 0.417 e. The number of rotatable bonds is 5. The van der Waals surface area contributed by atoms with Crippen molar-refractivity contribution in [3.63, 3.8) is 0 Å². The molecule has 1 aliphatic carbocycles. The zero-order valence-corrected chi connectivity index (χ0v) is 22.3. The standard InChI is InChI=1S/C14H17F3O2S.C8H6F3NO.C3H6.CH2O/c1-3-9-4-12(5-9)20(18,19)13-7-10(14(2,16)17)6-11(15)8-13;1-5-2-6(8(9,10)11)3-12-7(5)4-13;1-3-2;1-2/h6-9,12H,3-5H2,1-2H3;2-4H,1H3;3H,1H2,2H3;1H2. The van der Waals surface area contributed by atoms with Gasteiger partial charge in [-0.1, -0.05) is 19.4 Å². The Kier molecular flexibility index (Phi) is 13.6. The third kappa shape index (κ3) is 10.0. The number of carbonyl (C=O) groups excluding carboxylic acids is 2. The van der Waals surface area contributed by atoms with Crippen molar-refractivity contribution < 1.29 is 44.3 Å². The number of nitrogens with zero attached hydrogens (tertiary/aromatic N) is 1. The molecule has 1 heterocycles. The summed E-state index contributed by atoms with van der Waals surface area (Å²) in [6.07, 6.45) is 0.360. The van der Waals surface area contributed by atoms with Crippen LogP contribution in [0.1, 0.15) is 67.2 Å². The van der Waals surface area contributed by atoms with Crippen molar-refractivity contribution in [3.8, 4) is 0 Å². The molecule has 0 saturated heterocycles. The van der Waals surface area contributed by atoms with Gasteiger partial charge < -0.3 is 4.79 Å². The molecular formula is C26H31F6NO4S. The molecule has 0 unspecified atom stereocenters. The van der Waals surface area contributed by atoms with Crippen molar-refractivity contribution in [1.29, 1.82) is 0 Å². The summed E-state index contributed by atoms with van der Waals surface area (Å²) in [6, 6.07) is 3.28. The number of sulfone groups is 1. The smallest absolute Gasteiger partial charge is 0.307 e. The monoisotopic (exact) mass is 567 g/mol. The van der Waals surface area contributed by atoms with Gasteiger partial charge in [-0.3, -0.25) is 9.78 Å². The summed E-state index contributed by atoms with van der Waals surface area (Å²) in [7, 11) is -3.72. The molecule has 0 radical (unpaired) electrons. The van der Waals surface area contributed by atoms with Crippen LogP contribution >= 0.6 is 0 Å². The zero-order chi connectivity index (χ0) is 29.9. The molecule has 212 valence electrons. The predicted octanol–water partition coefficient (Wildman–Crippen LogP) is 7.13. The van der Waals surface area contributed by atoms with E-state index < -0.39 is 44.1 Å². The van der Waals surface area contributed by atoms with E-state index in [-0.39, 0.29) is 16.2 Å². The zero-order valence-electron chi connectivity index (χ0n) is 21.5.